The Morgan fingerprint density at radius 3 is 1.41 bits per heavy atom. The second-order valence-corrected chi connectivity index (χ2v) is 15.0. The highest BCUT2D eigenvalue weighted by molar-refractivity contribution is 7.89. The van der Waals surface area contributed by atoms with Crippen molar-refractivity contribution in [1.29, 1.82) is 0 Å². The minimum atomic E-state index is -3.72. The Morgan fingerprint density at radius 1 is 0.667 bits per heavy atom. The number of rotatable bonds is 14. The van der Waals surface area contributed by atoms with Crippen LogP contribution in [0.25, 0.3) is 54.3 Å². The van der Waals surface area contributed by atoms with E-state index in [-0.39, 0.29) is 11.5 Å². The van der Waals surface area contributed by atoms with E-state index in [0.29, 0.717) is 71.0 Å². The quantitative estimate of drug-likeness (QED) is 0.0616. The molecule has 0 amide bonds. The summed E-state index contributed by atoms with van der Waals surface area (Å²) < 4.78 is 31.4. The van der Waals surface area contributed by atoms with Crippen LogP contribution < -0.4 is 0 Å². The SMILES string of the molecule is CCc1nc2cc(CS(=O)(=O)Cc3cc4nc(CC)n(-c5ccc(CCN=[N+]=[N-])cc5)c4cc3Cl)c(Cl)cc2n1-c1ccc(CCN=[N+]=[N-])cc1. The van der Waals surface area contributed by atoms with Crippen LogP contribution >= 0.6 is 23.2 Å². The zero-order valence-electron chi connectivity index (χ0n) is 28.0. The lowest BCUT2D eigenvalue weighted by molar-refractivity contribution is 0.594. The molecule has 12 nitrogen and oxygen atoms in total. The maximum absolute atomic E-state index is 13.7. The van der Waals surface area contributed by atoms with Gasteiger partial charge in [0, 0.05) is 57.2 Å². The minimum absolute atomic E-state index is 0.287. The first-order valence-electron chi connectivity index (χ1n) is 16.4. The molecule has 0 radical (unpaired) electrons. The molecule has 0 fully saturated rings. The number of benzene rings is 4. The predicted molar refractivity (Wildman–Crippen MR) is 203 cm³/mol. The van der Waals surface area contributed by atoms with E-state index in [1.54, 1.807) is 24.3 Å². The van der Waals surface area contributed by atoms with Crippen molar-refractivity contribution in [2.45, 2.75) is 51.0 Å². The van der Waals surface area contributed by atoms with Crippen molar-refractivity contribution in [1.82, 2.24) is 19.1 Å². The third-order valence-electron chi connectivity index (χ3n) is 8.68. The summed E-state index contributed by atoms with van der Waals surface area (Å²) in [5.74, 6) is 1.06. The van der Waals surface area contributed by atoms with Gasteiger partial charge < -0.3 is 0 Å². The third kappa shape index (κ3) is 7.83. The normalized spacial score (nSPS) is 11.5. The number of aryl methyl sites for hydroxylation is 2. The highest BCUT2D eigenvalue weighted by Crippen LogP contribution is 2.32. The lowest BCUT2D eigenvalue weighted by Gasteiger charge is -2.12. The van der Waals surface area contributed by atoms with Crippen molar-refractivity contribution in [2.75, 3.05) is 13.1 Å². The number of imidazole rings is 2. The zero-order valence-corrected chi connectivity index (χ0v) is 30.4. The molecule has 6 aromatic rings. The number of aromatic nitrogens is 4. The Labute approximate surface area is 304 Å². The Kier molecular flexibility index (Phi) is 10.9. The van der Waals surface area contributed by atoms with Gasteiger partial charge >= 0.3 is 0 Å². The molecule has 0 bridgehead atoms. The van der Waals surface area contributed by atoms with E-state index in [4.69, 9.17) is 44.2 Å². The average molecular weight is 742 g/mol. The Morgan fingerprint density at radius 2 is 1.06 bits per heavy atom. The minimum Gasteiger partial charge on any atom is -0.296 e. The number of azide groups is 2. The van der Waals surface area contributed by atoms with E-state index in [1.807, 2.05) is 71.5 Å². The monoisotopic (exact) mass is 740 g/mol. The summed E-state index contributed by atoms with van der Waals surface area (Å²) in [6.07, 6.45) is 2.58. The fraction of sp³-hybridized carbons (Fsp3) is 0.278. The van der Waals surface area contributed by atoms with Crippen molar-refractivity contribution in [2.24, 2.45) is 10.2 Å². The molecule has 260 valence electrons. The van der Waals surface area contributed by atoms with Crippen LogP contribution in [0.4, 0.5) is 0 Å². The molecule has 0 N–H and O–H groups in total. The van der Waals surface area contributed by atoms with Crippen molar-refractivity contribution >= 4 is 55.1 Å². The van der Waals surface area contributed by atoms with E-state index >= 15 is 0 Å². The molecule has 0 aliphatic heterocycles. The third-order valence-corrected chi connectivity index (χ3v) is 10.9. The second kappa shape index (κ2) is 15.5. The van der Waals surface area contributed by atoms with E-state index < -0.39 is 9.84 Å². The molecule has 0 saturated heterocycles. The van der Waals surface area contributed by atoms with Gasteiger partial charge in [-0.3, -0.25) is 9.13 Å². The molecule has 51 heavy (non-hydrogen) atoms. The van der Waals surface area contributed by atoms with Crippen molar-refractivity contribution in [3.8, 4) is 11.4 Å². The molecule has 0 saturated carbocycles. The van der Waals surface area contributed by atoms with Crippen LogP contribution in [-0.4, -0.2) is 40.6 Å². The van der Waals surface area contributed by atoms with Gasteiger partial charge in [0.15, 0.2) is 9.84 Å². The fourth-order valence-corrected chi connectivity index (χ4v) is 8.39. The fourth-order valence-electron chi connectivity index (χ4n) is 6.25. The van der Waals surface area contributed by atoms with Gasteiger partial charge in [-0.2, -0.15) is 0 Å². The molecule has 2 heterocycles. The summed E-state index contributed by atoms with van der Waals surface area (Å²) in [4.78, 5) is 15.3. The largest absolute Gasteiger partial charge is 0.296 e. The maximum atomic E-state index is 13.7. The highest BCUT2D eigenvalue weighted by Gasteiger charge is 2.22. The summed E-state index contributed by atoms with van der Waals surface area (Å²) in [5.41, 5.74) is 24.8. The molecular formula is C36H34Cl2N10O2S. The van der Waals surface area contributed by atoms with Crippen LogP contribution in [0.2, 0.25) is 10.0 Å². The lowest BCUT2D eigenvalue weighted by Crippen LogP contribution is -2.09. The van der Waals surface area contributed by atoms with Crippen molar-refractivity contribution in [3.05, 3.63) is 138 Å². The average Bonchev–Trinajstić information content (AvgIpc) is 3.66. The summed E-state index contributed by atoms with van der Waals surface area (Å²) in [6, 6.07) is 22.9. The van der Waals surface area contributed by atoms with Crippen molar-refractivity contribution in [3.63, 3.8) is 0 Å². The molecule has 0 aliphatic rings. The van der Waals surface area contributed by atoms with Gasteiger partial charge in [0.2, 0.25) is 0 Å². The molecule has 4 aromatic carbocycles. The number of hydrogen-bond acceptors (Lipinski definition) is 6. The van der Waals surface area contributed by atoms with Crippen LogP contribution in [-0.2, 0) is 47.0 Å². The molecular weight excluding hydrogens is 707 g/mol. The summed E-state index contributed by atoms with van der Waals surface area (Å²) in [6.45, 7) is 4.79. The summed E-state index contributed by atoms with van der Waals surface area (Å²) in [5, 5.41) is 7.88. The van der Waals surface area contributed by atoms with Gasteiger partial charge in [0.1, 0.15) is 11.6 Å². The van der Waals surface area contributed by atoms with Crippen LogP contribution in [0.5, 0.6) is 0 Å². The highest BCUT2D eigenvalue weighted by atomic mass is 35.5. The van der Waals surface area contributed by atoms with Crippen LogP contribution in [0.3, 0.4) is 0 Å². The zero-order chi connectivity index (χ0) is 36.1. The topological polar surface area (TPSA) is 167 Å². The Bertz CT molecular complexity index is 2280. The standard InChI is InChI=1S/C36H34Cl2N10O2S/c1-3-35-43-31-17-25(29(37)19-33(31)47(35)27-9-5-23(6-10-27)13-15-41-45-39)21-51(49,50)22-26-18-32-34(20-30(26)38)48(36(4-2)44-32)28-11-7-24(8-12-28)14-16-42-46-40/h5-12,17-20H,3-4,13-16,21-22H2,1-2H3. The first kappa shape index (κ1) is 35.8. The molecule has 6 rings (SSSR count). The van der Waals surface area contributed by atoms with Gasteiger partial charge in [-0.15, -0.1) is 0 Å². The van der Waals surface area contributed by atoms with E-state index in [9.17, 15) is 8.42 Å². The van der Waals surface area contributed by atoms with Gasteiger partial charge in [0.05, 0.1) is 33.6 Å². The number of halogens is 2. The number of fused-ring (bicyclic) bond motifs is 2. The summed E-state index contributed by atoms with van der Waals surface area (Å²) in [7, 11) is -3.72. The molecule has 15 heteroatoms. The second-order valence-electron chi connectivity index (χ2n) is 12.1. The number of hydrogen-bond donors (Lipinski definition) is 0. The first-order chi connectivity index (χ1) is 24.6. The Balaban J connectivity index is 1.26. The maximum Gasteiger partial charge on any atom is 0.158 e. The van der Waals surface area contributed by atoms with Gasteiger partial charge in [-0.1, -0.05) is 71.5 Å². The number of nitrogens with zero attached hydrogens (tertiary/aromatic N) is 10. The van der Waals surface area contributed by atoms with E-state index in [0.717, 1.165) is 45.2 Å². The molecule has 2 aromatic heterocycles. The molecule has 0 aliphatic carbocycles. The van der Waals surface area contributed by atoms with E-state index in [2.05, 4.69) is 20.1 Å². The predicted octanol–water partition coefficient (Wildman–Crippen LogP) is 9.62. The van der Waals surface area contributed by atoms with Crippen LogP contribution in [0.1, 0.15) is 47.8 Å². The van der Waals surface area contributed by atoms with Crippen LogP contribution in [0, 0.1) is 0 Å². The Hall–Kier alpha value is -5.03. The molecule has 0 atom stereocenters. The van der Waals surface area contributed by atoms with Gasteiger partial charge in [-0.25, -0.2) is 18.4 Å². The van der Waals surface area contributed by atoms with Crippen LogP contribution in [0.15, 0.2) is 83.0 Å². The van der Waals surface area contributed by atoms with Crippen molar-refractivity contribution < 1.29 is 8.42 Å². The lowest BCUT2D eigenvalue weighted by atomic mass is 10.1. The van der Waals surface area contributed by atoms with Gasteiger partial charge in [-0.05, 0) is 94.7 Å². The van der Waals surface area contributed by atoms with E-state index in [1.165, 1.54) is 0 Å². The molecule has 0 spiro atoms. The summed E-state index contributed by atoms with van der Waals surface area (Å²) >= 11 is 13.5. The molecule has 0 unspecified atom stereocenters. The first-order valence-corrected chi connectivity index (χ1v) is 19.0. The number of sulfone groups is 1. The van der Waals surface area contributed by atoms with Gasteiger partial charge in [0.25, 0.3) is 0 Å². The smallest absolute Gasteiger partial charge is 0.158 e.